The van der Waals surface area contributed by atoms with Gasteiger partial charge >= 0.3 is 0 Å². The van der Waals surface area contributed by atoms with Gasteiger partial charge in [0.1, 0.15) is 11.4 Å². The summed E-state index contributed by atoms with van der Waals surface area (Å²) in [5, 5.41) is 20.6. The molecule has 1 saturated heterocycles. The van der Waals surface area contributed by atoms with Gasteiger partial charge in [0, 0.05) is 11.5 Å². The molecule has 2 unspecified atom stereocenters. The first-order valence-electron chi connectivity index (χ1n) is 6.17. The zero-order chi connectivity index (χ0) is 13.7. The average Bonchev–Trinajstić information content (AvgIpc) is 2.66. The molecular weight excluding hydrogens is 234 g/mol. The maximum Gasteiger partial charge on any atom is 0.253 e. The third-order valence-electron chi connectivity index (χ3n) is 4.23. The molecule has 18 heavy (non-hydrogen) atoms. The van der Waals surface area contributed by atoms with Gasteiger partial charge in [0.2, 0.25) is 0 Å². The van der Waals surface area contributed by atoms with E-state index < -0.39 is 5.60 Å². The van der Waals surface area contributed by atoms with Crippen LogP contribution in [0.2, 0.25) is 0 Å². The van der Waals surface area contributed by atoms with E-state index in [1.807, 2.05) is 20.8 Å². The van der Waals surface area contributed by atoms with Crippen molar-refractivity contribution >= 4 is 0 Å². The van der Waals surface area contributed by atoms with Crippen molar-refractivity contribution in [1.29, 1.82) is 0 Å². The highest BCUT2D eigenvalue weighted by atomic mass is 16.6. The van der Waals surface area contributed by atoms with E-state index in [0.717, 1.165) is 11.3 Å². The first-order valence-corrected chi connectivity index (χ1v) is 6.17. The Morgan fingerprint density at radius 2 is 2.11 bits per heavy atom. The lowest BCUT2D eigenvalue weighted by atomic mass is 9.77. The molecule has 2 rings (SSSR count). The minimum Gasteiger partial charge on any atom is -0.489 e. The van der Waals surface area contributed by atoms with Crippen molar-refractivity contribution in [2.45, 2.75) is 39.7 Å². The molecule has 0 aromatic rings. The number of ether oxygens (including phenoxy) is 1. The van der Waals surface area contributed by atoms with E-state index in [9.17, 15) is 15.2 Å². The van der Waals surface area contributed by atoms with Gasteiger partial charge in [0.25, 0.3) is 5.70 Å². The van der Waals surface area contributed by atoms with Gasteiger partial charge in [-0.15, -0.1) is 0 Å². The first kappa shape index (κ1) is 13.1. The average molecular weight is 253 g/mol. The zero-order valence-corrected chi connectivity index (χ0v) is 11.2. The fourth-order valence-corrected chi connectivity index (χ4v) is 3.01. The van der Waals surface area contributed by atoms with Crippen LogP contribution in [0.5, 0.6) is 0 Å². The van der Waals surface area contributed by atoms with Crippen LogP contribution in [0.4, 0.5) is 0 Å². The second-order valence-electron chi connectivity index (χ2n) is 5.57. The van der Waals surface area contributed by atoms with Gasteiger partial charge in [-0.2, -0.15) is 0 Å². The summed E-state index contributed by atoms with van der Waals surface area (Å²) in [6, 6.07) is 0. The van der Waals surface area contributed by atoms with Crippen LogP contribution in [-0.4, -0.2) is 22.2 Å². The summed E-state index contributed by atoms with van der Waals surface area (Å²) >= 11 is 0. The summed E-state index contributed by atoms with van der Waals surface area (Å²) in [5.41, 5.74) is 1.22. The SMILES string of the molecule is CC1=C2O[C@@](C)(CO)CC2C(C)C([N+](=O)[O-])=C1C. The zero-order valence-electron chi connectivity index (χ0n) is 11.2. The molecular formula is C13H19NO4. The number of hydrogen-bond donors (Lipinski definition) is 1. The molecule has 0 aromatic carbocycles. The quantitative estimate of drug-likeness (QED) is 0.605. The van der Waals surface area contributed by atoms with Crippen LogP contribution >= 0.6 is 0 Å². The molecule has 1 fully saturated rings. The lowest BCUT2D eigenvalue weighted by Crippen LogP contribution is -2.28. The summed E-state index contributed by atoms with van der Waals surface area (Å²) in [7, 11) is 0. The van der Waals surface area contributed by atoms with Crippen molar-refractivity contribution in [3.8, 4) is 0 Å². The summed E-state index contributed by atoms with van der Waals surface area (Å²) < 4.78 is 5.86. The molecule has 0 saturated carbocycles. The molecule has 2 aliphatic rings. The smallest absolute Gasteiger partial charge is 0.253 e. The minimum atomic E-state index is -0.609. The van der Waals surface area contributed by atoms with Crippen molar-refractivity contribution < 1.29 is 14.8 Å². The van der Waals surface area contributed by atoms with Gasteiger partial charge < -0.3 is 9.84 Å². The molecule has 0 aromatic heterocycles. The van der Waals surface area contributed by atoms with E-state index in [-0.39, 0.29) is 29.1 Å². The highest BCUT2D eigenvalue weighted by Crippen LogP contribution is 2.49. The number of nitrogens with zero attached hydrogens (tertiary/aromatic N) is 1. The maximum absolute atomic E-state index is 11.2. The lowest BCUT2D eigenvalue weighted by molar-refractivity contribution is -0.436. The Balaban J connectivity index is 2.48. The Morgan fingerprint density at radius 1 is 1.50 bits per heavy atom. The van der Waals surface area contributed by atoms with Gasteiger partial charge in [-0.25, -0.2) is 0 Å². The van der Waals surface area contributed by atoms with Gasteiger partial charge in [0.15, 0.2) is 0 Å². The summed E-state index contributed by atoms with van der Waals surface area (Å²) in [5.74, 6) is 0.653. The van der Waals surface area contributed by atoms with Crippen LogP contribution in [0.25, 0.3) is 0 Å². The van der Waals surface area contributed by atoms with E-state index in [1.54, 1.807) is 6.92 Å². The van der Waals surface area contributed by atoms with Crippen LogP contribution in [0.1, 0.15) is 34.1 Å². The van der Waals surface area contributed by atoms with Crippen LogP contribution in [-0.2, 0) is 4.74 Å². The third-order valence-corrected chi connectivity index (χ3v) is 4.23. The van der Waals surface area contributed by atoms with Gasteiger partial charge in [-0.05, 0) is 32.8 Å². The topological polar surface area (TPSA) is 72.6 Å². The van der Waals surface area contributed by atoms with E-state index in [0.29, 0.717) is 12.0 Å². The molecule has 100 valence electrons. The Morgan fingerprint density at radius 3 is 2.61 bits per heavy atom. The molecule has 1 aliphatic carbocycles. The van der Waals surface area contributed by atoms with Crippen molar-refractivity contribution in [3.63, 3.8) is 0 Å². The first-order chi connectivity index (χ1) is 8.30. The van der Waals surface area contributed by atoms with Gasteiger partial charge in [-0.3, -0.25) is 10.1 Å². The molecule has 0 bridgehead atoms. The predicted molar refractivity (Wildman–Crippen MR) is 66.2 cm³/mol. The standard InChI is InChI=1S/C13H19NO4/c1-7-8(2)12-10(5-13(4,6-15)18-12)9(3)11(7)14(16)17/h9-10,15H,5-6H2,1-4H3/t9?,10?,13-/m1/s1. The van der Waals surface area contributed by atoms with Gasteiger partial charge in [-0.1, -0.05) is 6.92 Å². The van der Waals surface area contributed by atoms with Gasteiger partial charge in [0.05, 0.1) is 17.4 Å². The number of rotatable bonds is 2. The number of aliphatic hydroxyl groups is 1. The molecule has 1 heterocycles. The van der Waals surface area contributed by atoms with Crippen molar-refractivity contribution in [1.82, 2.24) is 0 Å². The normalized spacial score (nSPS) is 35.6. The highest BCUT2D eigenvalue weighted by Gasteiger charge is 2.49. The Labute approximate surface area is 106 Å². The summed E-state index contributed by atoms with van der Waals surface area (Å²) in [6.07, 6.45) is 0.627. The van der Waals surface area contributed by atoms with Crippen molar-refractivity contribution in [2.24, 2.45) is 11.8 Å². The monoisotopic (exact) mass is 253 g/mol. The van der Waals surface area contributed by atoms with Crippen molar-refractivity contribution in [2.75, 3.05) is 6.61 Å². The molecule has 0 radical (unpaired) electrons. The summed E-state index contributed by atoms with van der Waals surface area (Å²) in [6.45, 7) is 7.27. The molecule has 0 amide bonds. The highest BCUT2D eigenvalue weighted by molar-refractivity contribution is 5.40. The minimum absolute atomic E-state index is 0.00579. The molecule has 5 heteroatoms. The fraction of sp³-hybridized carbons (Fsp3) is 0.692. The Bertz CT molecular complexity index is 466. The second-order valence-corrected chi connectivity index (χ2v) is 5.57. The Hall–Kier alpha value is -1.36. The lowest BCUT2D eigenvalue weighted by Gasteiger charge is -2.25. The van der Waals surface area contributed by atoms with Crippen LogP contribution in [0.3, 0.4) is 0 Å². The second kappa shape index (κ2) is 4.09. The summed E-state index contributed by atoms with van der Waals surface area (Å²) in [4.78, 5) is 10.9. The molecule has 1 N–H and O–H groups in total. The van der Waals surface area contributed by atoms with E-state index in [4.69, 9.17) is 4.74 Å². The predicted octanol–water partition coefficient (Wildman–Crippen LogP) is 2.25. The molecule has 0 spiro atoms. The number of nitro groups is 1. The molecule has 1 aliphatic heterocycles. The van der Waals surface area contributed by atoms with E-state index in [2.05, 4.69) is 0 Å². The maximum atomic E-state index is 11.2. The molecule has 3 atom stereocenters. The molecule has 5 nitrogen and oxygen atoms in total. The van der Waals surface area contributed by atoms with E-state index >= 15 is 0 Å². The van der Waals surface area contributed by atoms with Crippen LogP contribution in [0.15, 0.2) is 22.6 Å². The van der Waals surface area contributed by atoms with Crippen LogP contribution in [0, 0.1) is 22.0 Å². The number of hydrogen-bond acceptors (Lipinski definition) is 4. The largest absolute Gasteiger partial charge is 0.489 e. The van der Waals surface area contributed by atoms with E-state index in [1.165, 1.54) is 0 Å². The Kier molecular flexibility index (Phi) is 2.97. The third kappa shape index (κ3) is 1.73. The van der Waals surface area contributed by atoms with Crippen molar-refractivity contribution in [3.05, 3.63) is 32.7 Å². The number of aliphatic hydroxyl groups excluding tert-OH is 1. The number of fused-ring (bicyclic) bond motifs is 1. The van der Waals surface area contributed by atoms with Crippen LogP contribution < -0.4 is 0 Å². The number of allylic oxidation sites excluding steroid dienone is 4. The fourth-order valence-electron chi connectivity index (χ4n) is 3.01.